The summed E-state index contributed by atoms with van der Waals surface area (Å²) < 4.78 is 25.9. The van der Waals surface area contributed by atoms with Gasteiger partial charge >= 0.3 is 0 Å². The van der Waals surface area contributed by atoms with Gasteiger partial charge in [0.05, 0.1) is 28.0 Å². The number of aryl methyl sites for hydroxylation is 1. The summed E-state index contributed by atoms with van der Waals surface area (Å²) >= 11 is 6.24. The summed E-state index contributed by atoms with van der Waals surface area (Å²) in [5, 5.41) is 19.6. The number of anilines is 1. The Balaban J connectivity index is 1.58. The average Bonchev–Trinajstić information content (AvgIpc) is 2.78. The van der Waals surface area contributed by atoms with Gasteiger partial charge in [-0.1, -0.05) is 11.6 Å². The molecule has 8 nitrogen and oxygen atoms in total. The van der Waals surface area contributed by atoms with Crippen molar-refractivity contribution in [3.8, 4) is 6.07 Å². The van der Waals surface area contributed by atoms with Crippen molar-refractivity contribution in [1.29, 1.82) is 5.26 Å². The van der Waals surface area contributed by atoms with E-state index in [0.717, 1.165) is 42.7 Å². The molecule has 0 amide bonds. The second-order valence-corrected chi connectivity index (χ2v) is 9.41. The van der Waals surface area contributed by atoms with Crippen molar-refractivity contribution in [2.45, 2.75) is 25.8 Å². The minimum Gasteiger partial charge on any atom is -0.367 e. The smallest absolute Gasteiger partial charge is 0.276 e. The first kappa shape index (κ1) is 17.5. The van der Waals surface area contributed by atoms with E-state index in [2.05, 4.69) is 16.1 Å². The van der Waals surface area contributed by atoms with Crippen LogP contribution in [0.25, 0.3) is 5.52 Å². The molecule has 2 fully saturated rings. The third-order valence-electron chi connectivity index (χ3n) is 5.71. The fourth-order valence-corrected chi connectivity index (χ4v) is 4.97. The highest BCUT2D eigenvalue weighted by Crippen LogP contribution is 2.52. The molecule has 10 heteroatoms. The Bertz CT molecular complexity index is 1040. The predicted molar refractivity (Wildman–Crippen MR) is 98.2 cm³/mol. The lowest BCUT2D eigenvalue weighted by molar-refractivity contribution is 0.0211. The quantitative estimate of drug-likeness (QED) is 0.843. The summed E-state index contributed by atoms with van der Waals surface area (Å²) in [6, 6.07) is 2.17. The van der Waals surface area contributed by atoms with Crippen molar-refractivity contribution in [2.24, 2.45) is 10.6 Å². The normalized spacial score (nSPS) is 19.6. The van der Waals surface area contributed by atoms with Crippen molar-refractivity contribution in [3.63, 3.8) is 0 Å². The maximum Gasteiger partial charge on any atom is 0.276 e. The Morgan fingerprint density at radius 3 is 2.69 bits per heavy atom. The lowest BCUT2D eigenvalue weighted by Crippen LogP contribution is -2.67. The highest BCUT2D eigenvalue weighted by molar-refractivity contribution is 7.86. The van der Waals surface area contributed by atoms with E-state index in [-0.39, 0.29) is 11.5 Å². The molecule has 0 bridgehead atoms. The summed E-state index contributed by atoms with van der Waals surface area (Å²) in [5.41, 5.74) is 3.19. The van der Waals surface area contributed by atoms with Crippen LogP contribution in [0.4, 0.5) is 5.69 Å². The number of hydrogen-bond donors (Lipinski definition) is 1. The maximum atomic E-state index is 11.5. The molecule has 1 saturated heterocycles. The van der Waals surface area contributed by atoms with Crippen molar-refractivity contribution in [3.05, 3.63) is 28.5 Å². The van der Waals surface area contributed by atoms with E-state index in [1.807, 2.05) is 6.92 Å². The standard InChI is InChI=1S/C16H19ClN6O2S/c1-10-13(17)7-23-14(10)15(11(5-18)6-20-23)22-8-16(9-22)3-12(4-16)21(2)26(19,24)25/h6-7,12H,3-4,8-9H2,1-2H3,(H2,19,24,25). The van der Waals surface area contributed by atoms with Crippen LogP contribution in [0.3, 0.4) is 0 Å². The summed E-state index contributed by atoms with van der Waals surface area (Å²) in [7, 11) is -2.13. The van der Waals surface area contributed by atoms with Crippen LogP contribution in [-0.2, 0) is 10.2 Å². The van der Waals surface area contributed by atoms with Gasteiger partial charge in [-0.25, -0.2) is 9.65 Å². The Morgan fingerprint density at radius 2 is 2.12 bits per heavy atom. The zero-order valence-electron chi connectivity index (χ0n) is 14.5. The summed E-state index contributed by atoms with van der Waals surface area (Å²) in [5.74, 6) is 0. The van der Waals surface area contributed by atoms with Crippen LogP contribution in [0.15, 0.2) is 12.4 Å². The molecule has 138 valence electrons. The molecule has 1 spiro atoms. The van der Waals surface area contributed by atoms with Gasteiger partial charge in [0, 0.05) is 37.8 Å². The van der Waals surface area contributed by atoms with Crippen LogP contribution in [-0.4, -0.2) is 48.5 Å². The molecule has 0 atom stereocenters. The van der Waals surface area contributed by atoms with Crippen LogP contribution in [0.5, 0.6) is 0 Å². The van der Waals surface area contributed by atoms with E-state index in [1.54, 1.807) is 16.9 Å². The van der Waals surface area contributed by atoms with Crippen molar-refractivity contribution in [2.75, 3.05) is 25.0 Å². The van der Waals surface area contributed by atoms with Gasteiger partial charge in [-0.15, -0.1) is 0 Å². The molecule has 2 N–H and O–H groups in total. The molecular weight excluding hydrogens is 376 g/mol. The van der Waals surface area contributed by atoms with Gasteiger partial charge in [0.25, 0.3) is 10.2 Å². The average molecular weight is 395 g/mol. The van der Waals surface area contributed by atoms with E-state index in [1.165, 1.54) is 11.4 Å². The van der Waals surface area contributed by atoms with Gasteiger partial charge in [-0.3, -0.25) is 0 Å². The lowest BCUT2D eigenvalue weighted by Gasteiger charge is -2.61. The van der Waals surface area contributed by atoms with E-state index in [0.29, 0.717) is 10.6 Å². The molecule has 0 radical (unpaired) electrons. The number of hydrogen-bond acceptors (Lipinski definition) is 5. The molecular formula is C16H19ClN6O2S. The number of aromatic nitrogens is 2. The van der Waals surface area contributed by atoms with Gasteiger partial charge in [-0.05, 0) is 25.3 Å². The summed E-state index contributed by atoms with van der Waals surface area (Å²) in [6.45, 7) is 3.47. The van der Waals surface area contributed by atoms with Crippen LogP contribution >= 0.6 is 11.6 Å². The highest BCUT2D eigenvalue weighted by atomic mass is 35.5. The third kappa shape index (κ3) is 2.48. The molecule has 0 unspecified atom stereocenters. The van der Waals surface area contributed by atoms with Crippen LogP contribution < -0.4 is 10.0 Å². The van der Waals surface area contributed by atoms with Crippen LogP contribution in [0.2, 0.25) is 5.02 Å². The zero-order chi connectivity index (χ0) is 18.9. The molecule has 2 aromatic rings. The fraction of sp³-hybridized carbons (Fsp3) is 0.500. The van der Waals surface area contributed by atoms with E-state index < -0.39 is 10.2 Å². The largest absolute Gasteiger partial charge is 0.367 e. The van der Waals surface area contributed by atoms with Crippen molar-refractivity contribution < 1.29 is 8.42 Å². The number of halogens is 1. The Hall–Kier alpha value is -1.86. The highest BCUT2D eigenvalue weighted by Gasteiger charge is 2.55. The molecule has 0 aromatic carbocycles. The minimum absolute atomic E-state index is 0.0514. The molecule has 2 aliphatic rings. The van der Waals surface area contributed by atoms with Crippen LogP contribution in [0, 0.1) is 23.7 Å². The van der Waals surface area contributed by atoms with E-state index in [9.17, 15) is 13.7 Å². The molecule has 1 saturated carbocycles. The van der Waals surface area contributed by atoms with Gasteiger partial charge in [-0.2, -0.15) is 23.1 Å². The van der Waals surface area contributed by atoms with Gasteiger partial charge in [0.15, 0.2) is 0 Å². The first-order valence-corrected chi connectivity index (χ1v) is 10.1. The molecule has 1 aliphatic carbocycles. The number of nitriles is 1. The first-order chi connectivity index (χ1) is 12.1. The maximum absolute atomic E-state index is 11.5. The van der Waals surface area contributed by atoms with Gasteiger partial charge < -0.3 is 4.90 Å². The number of nitrogens with zero attached hydrogens (tertiary/aromatic N) is 5. The lowest BCUT2D eigenvalue weighted by atomic mass is 9.60. The molecule has 2 aromatic heterocycles. The Morgan fingerprint density at radius 1 is 1.46 bits per heavy atom. The van der Waals surface area contributed by atoms with Crippen LogP contribution in [0.1, 0.15) is 24.0 Å². The number of fused-ring (bicyclic) bond motifs is 1. The second-order valence-electron chi connectivity index (χ2n) is 7.39. The number of nitrogens with two attached hydrogens (primary N) is 1. The van der Waals surface area contributed by atoms with Crippen molar-refractivity contribution in [1.82, 2.24) is 13.9 Å². The summed E-state index contributed by atoms with van der Waals surface area (Å²) in [6.07, 6.45) is 4.86. The monoisotopic (exact) mass is 394 g/mol. The van der Waals surface area contributed by atoms with E-state index in [4.69, 9.17) is 16.7 Å². The predicted octanol–water partition coefficient (Wildman–Crippen LogP) is 1.27. The third-order valence-corrected chi connectivity index (χ3v) is 7.19. The molecule has 3 heterocycles. The molecule has 4 rings (SSSR count). The Kier molecular flexibility index (Phi) is 3.76. The Labute approximate surface area is 156 Å². The second kappa shape index (κ2) is 5.57. The fourth-order valence-electron chi connectivity index (χ4n) is 4.23. The van der Waals surface area contributed by atoms with Gasteiger partial charge in [0.1, 0.15) is 6.07 Å². The SMILES string of the molecule is Cc1c(Cl)cn2ncc(C#N)c(N3CC4(CC(N(C)S(N)(=O)=O)C4)C3)c12. The zero-order valence-corrected chi connectivity index (χ0v) is 16.0. The van der Waals surface area contributed by atoms with Crippen molar-refractivity contribution >= 4 is 33.0 Å². The number of rotatable bonds is 3. The summed E-state index contributed by atoms with van der Waals surface area (Å²) in [4.78, 5) is 2.16. The van der Waals surface area contributed by atoms with Gasteiger partial charge in [0.2, 0.25) is 0 Å². The minimum atomic E-state index is -3.65. The molecule has 26 heavy (non-hydrogen) atoms. The molecule has 1 aliphatic heterocycles. The first-order valence-electron chi connectivity index (χ1n) is 8.22. The van der Waals surface area contributed by atoms with E-state index >= 15 is 0 Å². The topological polar surface area (TPSA) is 108 Å².